The molecule has 0 atom stereocenters. The molecular formula is C23H34N2O4. The maximum Gasteiger partial charge on any atom is 0.309 e. The van der Waals surface area contributed by atoms with Crippen LogP contribution in [0.15, 0.2) is 6.07 Å². The molecule has 1 saturated heterocycles. The van der Waals surface area contributed by atoms with Gasteiger partial charge in [0.25, 0.3) is 0 Å². The zero-order chi connectivity index (χ0) is 21.1. The molecule has 29 heavy (non-hydrogen) atoms. The van der Waals surface area contributed by atoms with E-state index in [2.05, 4.69) is 18.4 Å². The van der Waals surface area contributed by atoms with Gasteiger partial charge in [-0.05, 0) is 57.9 Å². The van der Waals surface area contributed by atoms with Crippen LogP contribution in [0.4, 0.5) is 0 Å². The molecule has 0 aromatic carbocycles. The summed E-state index contributed by atoms with van der Waals surface area (Å²) in [6, 6.07) is 1.90. The average Bonchev–Trinajstić information content (AvgIpc) is 3.50. The van der Waals surface area contributed by atoms with Crippen LogP contribution in [0.2, 0.25) is 0 Å². The molecule has 2 fully saturated rings. The molecule has 1 aliphatic heterocycles. The third kappa shape index (κ3) is 5.28. The van der Waals surface area contributed by atoms with Gasteiger partial charge < -0.3 is 14.2 Å². The molecule has 6 heteroatoms. The minimum atomic E-state index is -0.314. The first-order chi connectivity index (χ1) is 13.8. The summed E-state index contributed by atoms with van der Waals surface area (Å²) in [5.74, 6) is 0.372. The van der Waals surface area contributed by atoms with Crippen molar-refractivity contribution in [3.8, 4) is 0 Å². The zero-order valence-corrected chi connectivity index (χ0v) is 18.2. The Morgan fingerprint density at radius 2 is 1.72 bits per heavy atom. The SMILES string of the molecule is Cc1cc(C(=O)COC(=O)C2CCN(C(=O)C3CC3)CC2)c(C)n1CCC(C)C. The van der Waals surface area contributed by atoms with Crippen LogP contribution in [-0.2, 0) is 20.9 Å². The van der Waals surface area contributed by atoms with E-state index in [1.165, 1.54) is 0 Å². The number of esters is 1. The fourth-order valence-electron chi connectivity index (χ4n) is 4.07. The molecule has 1 aromatic rings. The molecule has 1 amide bonds. The van der Waals surface area contributed by atoms with Gasteiger partial charge in [0.1, 0.15) is 0 Å². The molecule has 0 bridgehead atoms. The van der Waals surface area contributed by atoms with Crippen LogP contribution in [0.5, 0.6) is 0 Å². The smallest absolute Gasteiger partial charge is 0.309 e. The van der Waals surface area contributed by atoms with Crippen molar-refractivity contribution in [2.24, 2.45) is 17.8 Å². The lowest BCUT2D eigenvalue weighted by atomic mass is 9.96. The summed E-state index contributed by atoms with van der Waals surface area (Å²) >= 11 is 0. The molecule has 1 saturated carbocycles. The summed E-state index contributed by atoms with van der Waals surface area (Å²) in [5, 5.41) is 0. The predicted molar refractivity (Wildman–Crippen MR) is 111 cm³/mol. The number of ether oxygens (including phenoxy) is 1. The average molecular weight is 403 g/mol. The van der Waals surface area contributed by atoms with Gasteiger partial charge in [-0.15, -0.1) is 0 Å². The summed E-state index contributed by atoms with van der Waals surface area (Å²) in [4.78, 5) is 39.0. The molecular weight excluding hydrogens is 368 g/mol. The number of piperidine rings is 1. The van der Waals surface area contributed by atoms with Crippen LogP contribution >= 0.6 is 0 Å². The van der Waals surface area contributed by atoms with E-state index < -0.39 is 0 Å². The third-order valence-electron chi connectivity index (χ3n) is 6.22. The van der Waals surface area contributed by atoms with Crippen molar-refractivity contribution in [2.75, 3.05) is 19.7 Å². The van der Waals surface area contributed by atoms with Gasteiger partial charge in [-0.3, -0.25) is 14.4 Å². The lowest BCUT2D eigenvalue weighted by molar-refractivity contribution is -0.150. The van der Waals surface area contributed by atoms with Crippen LogP contribution in [0.3, 0.4) is 0 Å². The maximum absolute atomic E-state index is 12.6. The fraction of sp³-hybridized carbons (Fsp3) is 0.696. The van der Waals surface area contributed by atoms with E-state index in [1.807, 2.05) is 24.8 Å². The standard InChI is InChI=1S/C23H34N2O4/c1-15(2)7-12-25-16(3)13-20(17(25)4)21(26)14-29-23(28)19-8-10-24(11-9-19)22(27)18-5-6-18/h13,15,18-19H,5-12,14H2,1-4H3. The number of ketones is 1. The van der Waals surface area contributed by atoms with E-state index in [4.69, 9.17) is 4.74 Å². The monoisotopic (exact) mass is 402 g/mol. The summed E-state index contributed by atoms with van der Waals surface area (Å²) in [6.07, 6.45) is 4.30. The number of carbonyl (C=O) groups is 3. The molecule has 0 N–H and O–H groups in total. The summed E-state index contributed by atoms with van der Waals surface area (Å²) < 4.78 is 7.52. The topological polar surface area (TPSA) is 68.6 Å². The van der Waals surface area contributed by atoms with Crippen LogP contribution in [-0.4, -0.2) is 46.8 Å². The second kappa shape index (κ2) is 9.14. The zero-order valence-electron chi connectivity index (χ0n) is 18.2. The Hall–Kier alpha value is -2.11. The van der Waals surface area contributed by atoms with E-state index in [-0.39, 0.29) is 36.1 Å². The van der Waals surface area contributed by atoms with Crippen molar-refractivity contribution >= 4 is 17.7 Å². The highest BCUT2D eigenvalue weighted by atomic mass is 16.5. The highest BCUT2D eigenvalue weighted by molar-refractivity contribution is 5.99. The van der Waals surface area contributed by atoms with Gasteiger partial charge in [0.2, 0.25) is 11.7 Å². The summed E-state index contributed by atoms with van der Waals surface area (Å²) in [6.45, 7) is 10.2. The highest BCUT2D eigenvalue weighted by Crippen LogP contribution is 2.32. The Kier molecular flexibility index (Phi) is 6.81. The van der Waals surface area contributed by atoms with Gasteiger partial charge in [-0.2, -0.15) is 0 Å². The van der Waals surface area contributed by atoms with E-state index in [0.29, 0.717) is 37.4 Å². The van der Waals surface area contributed by atoms with Gasteiger partial charge >= 0.3 is 5.97 Å². The highest BCUT2D eigenvalue weighted by Gasteiger charge is 2.36. The molecule has 1 aromatic heterocycles. The van der Waals surface area contributed by atoms with E-state index >= 15 is 0 Å². The quantitative estimate of drug-likeness (QED) is 0.493. The van der Waals surface area contributed by atoms with Crippen molar-refractivity contribution in [1.82, 2.24) is 9.47 Å². The number of nitrogens with zero attached hydrogens (tertiary/aromatic N) is 2. The normalized spacial score (nSPS) is 17.6. The molecule has 3 rings (SSSR count). The molecule has 0 spiro atoms. The van der Waals surface area contributed by atoms with E-state index in [0.717, 1.165) is 37.2 Å². The largest absolute Gasteiger partial charge is 0.457 e. The first kappa shape index (κ1) is 21.6. The number of rotatable bonds is 8. The van der Waals surface area contributed by atoms with Gasteiger partial charge in [0.15, 0.2) is 6.61 Å². The van der Waals surface area contributed by atoms with Crippen LogP contribution in [0.1, 0.15) is 67.7 Å². The lowest BCUT2D eigenvalue weighted by Crippen LogP contribution is -2.41. The number of carbonyl (C=O) groups excluding carboxylic acids is 3. The molecule has 160 valence electrons. The number of amides is 1. The van der Waals surface area contributed by atoms with Crippen LogP contribution in [0, 0.1) is 31.6 Å². The molecule has 2 aliphatic rings. The first-order valence-corrected chi connectivity index (χ1v) is 10.9. The Morgan fingerprint density at radius 3 is 2.31 bits per heavy atom. The molecule has 6 nitrogen and oxygen atoms in total. The molecule has 2 heterocycles. The predicted octanol–water partition coefficient (Wildman–Crippen LogP) is 3.53. The molecule has 1 aliphatic carbocycles. The van der Waals surface area contributed by atoms with E-state index in [1.54, 1.807) is 0 Å². The van der Waals surface area contributed by atoms with Crippen molar-refractivity contribution in [3.63, 3.8) is 0 Å². The number of hydrogen-bond donors (Lipinski definition) is 0. The minimum absolute atomic E-state index is 0.149. The number of aromatic nitrogens is 1. The number of hydrogen-bond acceptors (Lipinski definition) is 4. The van der Waals surface area contributed by atoms with Crippen molar-refractivity contribution in [3.05, 3.63) is 23.0 Å². The van der Waals surface area contributed by atoms with Gasteiger partial charge in [-0.25, -0.2) is 0 Å². The number of likely N-dealkylation sites (tertiary alicyclic amines) is 1. The molecule has 0 unspecified atom stereocenters. The second-order valence-corrected chi connectivity index (χ2v) is 9.02. The Bertz CT molecular complexity index is 768. The fourth-order valence-corrected chi connectivity index (χ4v) is 4.07. The lowest BCUT2D eigenvalue weighted by Gasteiger charge is -2.31. The van der Waals surface area contributed by atoms with Crippen molar-refractivity contribution in [2.45, 2.75) is 66.3 Å². The number of aryl methyl sites for hydroxylation is 1. The first-order valence-electron chi connectivity index (χ1n) is 10.9. The Labute approximate surface area is 173 Å². The summed E-state index contributed by atoms with van der Waals surface area (Å²) in [7, 11) is 0. The maximum atomic E-state index is 12.6. The van der Waals surface area contributed by atoms with Gasteiger partial charge in [-0.1, -0.05) is 13.8 Å². The Morgan fingerprint density at radius 1 is 1.07 bits per heavy atom. The summed E-state index contributed by atoms with van der Waals surface area (Å²) in [5.41, 5.74) is 2.64. The second-order valence-electron chi connectivity index (χ2n) is 9.02. The minimum Gasteiger partial charge on any atom is -0.457 e. The number of Topliss-reactive ketones (excluding diaryl/α,β-unsaturated/α-hetero) is 1. The third-order valence-corrected chi connectivity index (χ3v) is 6.22. The molecule has 0 radical (unpaired) electrons. The van der Waals surface area contributed by atoms with Crippen molar-refractivity contribution < 1.29 is 19.1 Å². The van der Waals surface area contributed by atoms with Crippen molar-refractivity contribution in [1.29, 1.82) is 0 Å². The van der Waals surface area contributed by atoms with E-state index in [9.17, 15) is 14.4 Å². The van der Waals surface area contributed by atoms with Crippen LogP contribution < -0.4 is 0 Å². The van der Waals surface area contributed by atoms with Crippen LogP contribution in [0.25, 0.3) is 0 Å². The Balaban J connectivity index is 1.48. The van der Waals surface area contributed by atoms with Gasteiger partial charge in [0, 0.05) is 42.5 Å². The van der Waals surface area contributed by atoms with Gasteiger partial charge in [0.05, 0.1) is 5.92 Å².